The van der Waals surface area contributed by atoms with Gasteiger partial charge in [0.15, 0.2) is 17.3 Å². The van der Waals surface area contributed by atoms with Crippen LogP contribution in [-0.4, -0.2) is 51.3 Å². The molecule has 200 valence electrons. The monoisotopic (exact) mass is 540 g/mol. The fourth-order valence-corrected chi connectivity index (χ4v) is 4.45. The van der Waals surface area contributed by atoms with Crippen molar-refractivity contribution in [1.82, 2.24) is 14.9 Å². The van der Waals surface area contributed by atoms with E-state index in [1.165, 1.54) is 6.07 Å². The molecule has 0 radical (unpaired) electrons. The highest BCUT2D eigenvalue weighted by Crippen LogP contribution is 2.40. The second-order valence-electron chi connectivity index (χ2n) is 9.13. The number of carbonyl (C=O) groups excluding carboxylic acids is 2. The van der Waals surface area contributed by atoms with Crippen molar-refractivity contribution in [3.8, 4) is 5.69 Å². The third-order valence-electron chi connectivity index (χ3n) is 6.49. The number of rotatable bonds is 5. The minimum Gasteiger partial charge on any atom is -0.383 e. The van der Waals surface area contributed by atoms with Crippen LogP contribution in [0.2, 0.25) is 0 Å². The molecule has 2 aliphatic rings. The molecule has 0 spiro atoms. The molecule has 0 bridgehead atoms. The summed E-state index contributed by atoms with van der Waals surface area (Å²) in [4.78, 5) is 43.5. The maximum Gasteiger partial charge on any atom is 0.408 e. The summed E-state index contributed by atoms with van der Waals surface area (Å²) in [6, 6.07) is 0.711. The summed E-state index contributed by atoms with van der Waals surface area (Å²) >= 11 is 0. The Morgan fingerprint density at radius 2 is 1.74 bits per heavy atom. The van der Waals surface area contributed by atoms with Crippen LogP contribution < -0.4 is 15.6 Å². The van der Waals surface area contributed by atoms with Gasteiger partial charge in [0.05, 0.1) is 5.39 Å². The quantitative estimate of drug-likeness (QED) is 0.485. The number of fused-ring (bicyclic) bond motifs is 1. The molecule has 2 amide bonds. The Labute approximate surface area is 209 Å². The number of anilines is 1. The van der Waals surface area contributed by atoms with Crippen LogP contribution in [0.5, 0.6) is 0 Å². The van der Waals surface area contributed by atoms with E-state index in [0.29, 0.717) is 22.9 Å². The first-order chi connectivity index (χ1) is 17.9. The average molecular weight is 540 g/mol. The van der Waals surface area contributed by atoms with Gasteiger partial charge in [0.25, 0.3) is 11.8 Å². The van der Waals surface area contributed by atoms with Gasteiger partial charge < -0.3 is 10.4 Å². The topological polar surface area (TPSA) is 105 Å². The number of aliphatic hydroxyl groups excluding tert-OH is 1. The SMILES string of the molecule is O=C(N[C@@H](C1CC1)C(F)(F)F)c1cn(-c2c(F)cc(F)cc2F)c2nc(N3CC[C@H](O)C3=O)ccc2c1=O. The lowest BCUT2D eigenvalue weighted by Gasteiger charge is -2.22. The van der Waals surface area contributed by atoms with Crippen molar-refractivity contribution in [1.29, 1.82) is 0 Å². The van der Waals surface area contributed by atoms with E-state index in [1.807, 2.05) is 0 Å². The average Bonchev–Trinajstić information content (AvgIpc) is 3.61. The van der Waals surface area contributed by atoms with Crippen molar-refractivity contribution in [2.24, 2.45) is 5.92 Å². The molecule has 38 heavy (non-hydrogen) atoms. The highest BCUT2D eigenvalue weighted by molar-refractivity contribution is 6.00. The van der Waals surface area contributed by atoms with Crippen molar-refractivity contribution in [2.75, 3.05) is 11.4 Å². The van der Waals surface area contributed by atoms with E-state index < -0.39 is 81.2 Å². The summed E-state index contributed by atoms with van der Waals surface area (Å²) in [5.41, 5.74) is -3.37. The fraction of sp³-hybridized carbons (Fsp3) is 0.333. The van der Waals surface area contributed by atoms with Crippen molar-refractivity contribution in [2.45, 2.75) is 37.6 Å². The van der Waals surface area contributed by atoms with Crippen molar-refractivity contribution >= 4 is 28.7 Å². The number of halogens is 6. The molecule has 1 aliphatic carbocycles. The predicted octanol–water partition coefficient (Wildman–Crippen LogP) is 2.97. The summed E-state index contributed by atoms with van der Waals surface area (Å²) in [7, 11) is 0. The van der Waals surface area contributed by atoms with Crippen LogP contribution in [0.1, 0.15) is 29.6 Å². The normalized spacial score (nSPS) is 18.8. The number of benzene rings is 1. The smallest absolute Gasteiger partial charge is 0.383 e. The molecule has 2 fully saturated rings. The van der Waals surface area contributed by atoms with Crippen LogP contribution in [0.15, 0.2) is 35.3 Å². The summed E-state index contributed by atoms with van der Waals surface area (Å²) in [5.74, 6) is -7.28. The molecule has 5 rings (SSSR count). The highest BCUT2D eigenvalue weighted by Gasteiger charge is 2.50. The minimum absolute atomic E-state index is 0.0441. The third-order valence-corrected chi connectivity index (χ3v) is 6.49. The van der Waals surface area contributed by atoms with Crippen molar-refractivity contribution in [3.05, 3.63) is 63.7 Å². The third kappa shape index (κ3) is 4.48. The first kappa shape index (κ1) is 25.7. The predicted molar refractivity (Wildman–Crippen MR) is 120 cm³/mol. The van der Waals surface area contributed by atoms with Gasteiger partial charge in [-0.2, -0.15) is 13.2 Å². The van der Waals surface area contributed by atoms with Crippen LogP contribution in [0.3, 0.4) is 0 Å². The van der Waals surface area contributed by atoms with Crippen LogP contribution in [0.25, 0.3) is 16.7 Å². The molecule has 2 aromatic heterocycles. The molecule has 2 atom stereocenters. The summed E-state index contributed by atoms with van der Waals surface area (Å²) in [5, 5.41) is 11.1. The zero-order valence-corrected chi connectivity index (χ0v) is 19.2. The van der Waals surface area contributed by atoms with Gasteiger partial charge >= 0.3 is 6.18 Å². The molecule has 0 unspecified atom stereocenters. The fourth-order valence-electron chi connectivity index (χ4n) is 4.45. The van der Waals surface area contributed by atoms with E-state index in [0.717, 1.165) is 11.0 Å². The zero-order valence-electron chi connectivity index (χ0n) is 19.2. The number of alkyl halides is 3. The number of nitrogens with one attached hydrogen (secondary N) is 1. The lowest BCUT2D eigenvalue weighted by molar-refractivity contribution is -0.158. The molecular formula is C24H18F6N4O4. The van der Waals surface area contributed by atoms with E-state index in [2.05, 4.69) is 4.98 Å². The number of hydrogen-bond donors (Lipinski definition) is 2. The lowest BCUT2D eigenvalue weighted by Crippen LogP contribution is -2.48. The Morgan fingerprint density at radius 1 is 1.08 bits per heavy atom. The van der Waals surface area contributed by atoms with Crippen LogP contribution in [-0.2, 0) is 4.79 Å². The van der Waals surface area contributed by atoms with Gasteiger partial charge in [-0.1, -0.05) is 0 Å². The number of carbonyl (C=O) groups is 2. The van der Waals surface area contributed by atoms with Crippen LogP contribution in [0.4, 0.5) is 32.2 Å². The molecule has 14 heteroatoms. The van der Waals surface area contributed by atoms with Crippen molar-refractivity contribution in [3.63, 3.8) is 0 Å². The van der Waals surface area contributed by atoms with Gasteiger partial charge in [-0.15, -0.1) is 0 Å². The van der Waals surface area contributed by atoms with Crippen LogP contribution in [0, 0.1) is 23.4 Å². The van der Waals surface area contributed by atoms with Gasteiger partial charge in [-0.25, -0.2) is 18.2 Å². The zero-order chi connectivity index (χ0) is 27.5. The molecule has 1 aliphatic heterocycles. The lowest BCUT2D eigenvalue weighted by atomic mass is 10.1. The number of pyridine rings is 2. The van der Waals surface area contributed by atoms with Gasteiger partial charge in [0.1, 0.15) is 35.0 Å². The standard InChI is InChI=1S/C24H18F6N4O4/c25-11-7-14(26)18(15(27)8-11)34-9-13(22(37)32-20(10-1-2-10)24(28,29)30)19(36)12-3-4-17(31-21(12)34)33-6-5-16(35)23(33)38/h3-4,7-10,16,20,35H,1-2,5-6H2,(H,32,37)/t16-,20-/m0/s1. The number of hydrogen-bond acceptors (Lipinski definition) is 5. The first-order valence-corrected chi connectivity index (χ1v) is 11.4. The largest absolute Gasteiger partial charge is 0.408 e. The molecule has 1 saturated heterocycles. The molecule has 8 nitrogen and oxygen atoms in total. The van der Waals surface area contributed by atoms with Gasteiger partial charge in [0, 0.05) is 31.3 Å². The second-order valence-corrected chi connectivity index (χ2v) is 9.13. The molecular weight excluding hydrogens is 522 g/mol. The summed E-state index contributed by atoms with van der Waals surface area (Å²) in [6.45, 7) is 0.0441. The Hall–Kier alpha value is -3.94. The highest BCUT2D eigenvalue weighted by atomic mass is 19.4. The number of aromatic nitrogens is 2. The van der Waals surface area contributed by atoms with Crippen LogP contribution >= 0.6 is 0 Å². The molecule has 3 aromatic rings. The second kappa shape index (κ2) is 9.11. The molecule has 1 aromatic carbocycles. The summed E-state index contributed by atoms with van der Waals surface area (Å²) in [6.07, 6.45) is -4.97. The Bertz CT molecular complexity index is 1510. The Kier molecular flexibility index (Phi) is 6.16. The first-order valence-electron chi connectivity index (χ1n) is 11.4. The number of amides is 2. The number of aliphatic hydroxyl groups is 1. The molecule has 2 N–H and O–H groups in total. The van der Waals surface area contributed by atoms with E-state index in [1.54, 1.807) is 5.32 Å². The summed E-state index contributed by atoms with van der Waals surface area (Å²) < 4.78 is 84.3. The van der Waals surface area contributed by atoms with E-state index in [-0.39, 0.29) is 31.6 Å². The van der Waals surface area contributed by atoms with Crippen molar-refractivity contribution < 1.29 is 41.0 Å². The van der Waals surface area contributed by atoms with Gasteiger partial charge in [0.2, 0.25) is 5.43 Å². The Morgan fingerprint density at radius 3 is 2.29 bits per heavy atom. The molecule has 3 heterocycles. The van der Waals surface area contributed by atoms with Gasteiger partial charge in [-0.05, 0) is 30.9 Å². The number of nitrogens with zero attached hydrogens (tertiary/aromatic N) is 3. The Balaban J connectivity index is 1.70. The maximum atomic E-state index is 14.8. The van der Waals surface area contributed by atoms with Gasteiger partial charge in [-0.3, -0.25) is 23.9 Å². The molecule has 1 saturated carbocycles. The van der Waals surface area contributed by atoms with E-state index in [9.17, 15) is 45.8 Å². The minimum atomic E-state index is -4.80. The van der Waals surface area contributed by atoms with E-state index in [4.69, 9.17) is 0 Å². The maximum absolute atomic E-state index is 14.8. The van der Waals surface area contributed by atoms with E-state index >= 15 is 0 Å².